The Kier molecular flexibility index (Phi) is 8.60. The number of rotatable bonds is 10. The van der Waals surface area contributed by atoms with Crippen molar-refractivity contribution in [3.63, 3.8) is 0 Å². The number of hydrogen-bond acceptors (Lipinski definition) is 3. The first kappa shape index (κ1) is 19.0. The quantitative estimate of drug-likeness (QED) is 0.298. The van der Waals surface area contributed by atoms with Crippen molar-refractivity contribution in [2.45, 2.75) is 51.9 Å². The van der Waals surface area contributed by atoms with Crippen LogP contribution in [0, 0.1) is 6.92 Å². The SMILES string of the molecule is Cc1ccccc1OC(=O)OCCCCCCCCc1ccccc1. The molecule has 0 N–H and O–H groups in total. The van der Waals surface area contributed by atoms with E-state index in [1.807, 2.05) is 25.1 Å². The van der Waals surface area contributed by atoms with Gasteiger partial charge in [-0.05, 0) is 43.4 Å². The van der Waals surface area contributed by atoms with Crippen LogP contribution in [0.5, 0.6) is 5.75 Å². The first-order valence-electron chi connectivity index (χ1n) is 9.20. The van der Waals surface area contributed by atoms with Crippen LogP contribution < -0.4 is 4.74 Å². The Morgan fingerprint density at radius 3 is 2.20 bits per heavy atom. The van der Waals surface area contributed by atoms with E-state index in [1.54, 1.807) is 6.07 Å². The third-order valence-electron chi connectivity index (χ3n) is 4.21. The third kappa shape index (κ3) is 7.88. The Balaban J connectivity index is 1.44. The summed E-state index contributed by atoms with van der Waals surface area (Å²) in [6, 6.07) is 18.1. The molecule has 0 amide bonds. The van der Waals surface area contributed by atoms with Crippen LogP contribution in [0.1, 0.15) is 49.7 Å². The standard InChI is InChI=1S/C22H28O3/c1-19-13-10-11-17-21(19)25-22(23)24-18-12-5-3-2-4-7-14-20-15-8-6-9-16-20/h6,8-11,13,15-17H,2-5,7,12,14,18H2,1H3. The summed E-state index contributed by atoms with van der Waals surface area (Å²) in [6.45, 7) is 2.33. The lowest BCUT2D eigenvalue weighted by atomic mass is 10.1. The van der Waals surface area contributed by atoms with E-state index in [2.05, 4.69) is 30.3 Å². The van der Waals surface area contributed by atoms with Gasteiger partial charge in [-0.2, -0.15) is 0 Å². The molecule has 2 aromatic carbocycles. The maximum Gasteiger partial charge on any atom is 0.513 e. The fraction of sp³-hybridized carbons (Fsp3) is 0.409. The van der Waals surface area contributed by atoms with Gasteiger partial charge in [0.05, 0.1) is 6.61 Å². The summed E-state index contributed by atoms with van der Waals surface area (Å²) in [5, 5.41) is 0. The van der Waals surface area contributed by atoms with E-state index in [0.717, 1.165) is 24.8 Å². The third-order valence-corrected chi connectivity index (χ3v) is 4.21. The molecular weight excluding hydrogens is 312 g/mol. The van der Waals surface area contributed by atoms with Gasteiger partial charge < -0.3 is 9.47 Å². The summed E-state index contributed by atoms with van der Waals surface area (Å²) in [4.78, 5) is 11.6. The van der Waals surface area contributed by atoms with E-state index >= 15 is 0 Å². The van der Waals surface area contributed by atoms with E-state index < -0.39 is 6.16 Å². The van der Waals surface area contributed by atoms with E-state index in [-0.39, 0.29) is 0 Å². The highest BCUT2D eigenvalue weighted by Crippen LogP contribution is 2.17. The van der Waals surface area contributed by atoms with Crippen molar-refractivity contribution in [2.75, 3.05) is 6.61 Å². The average molecular weight is 340 g/mol. The summed E-state index contributed by atoms with van der Waals surface area (Å²) < 4.78 is 10.3. The lowest BCUT2D eigenvalue weighted by Crippen LogP contribution is -2.12. The molecule has 0 aliphatic heterocycles. The number of carbonyl (C=O) groups is 1. The molecule has 3 heteroatoms. The van der Waals surface area contributed by atoms with E-state index in [9.17, 15) is 4.79 Å². The number of carbonyl (C=O) groups excluding carboxylic acids is 1. The van der Waals surface area contributed by atoms with E-state index in [1.165, 1.54) is 31.2 Å². The van der Waals surface area contributed by atoms with Gasteiger partial charge in [0.15, 0.2) is 0 Å². The van der Waals surface area contributed by atoms with Crippen LogP contribution in [0.15, 0.2) is 54.6 Å². The molecule has 0 fully saturated rings. The summed E-state index contributed by atoms with van der Waals surface area (Å²) in [6.07, 6.45) is 7.44. The summed E-state index contributed by atoms with van der Waals surface area (Å²) in [5.74, 6) is 0.561. The zero-order chi connectivity index (χ0) is 17.7. The van der Waals surface area contributed by atoms with Crippen molar-refractivity contribution in [1.82, 2.24) is 0 Å². The van der Waals surface area contributed by atoms with Crippen molar-refractivity contribution in [3.8, 4) is 5.75 Å². The zero-order valence-corrected chi connectivity index (χ0v) is 15.1. The van der Waals surface area contributed by atoms with Crippen LogP contribution >= 0.6 is 0 Å². The molecule has 2 rings (SSSR count). The van der Waals surface area contributed by atoms with Crippen LogP contribution in [0.4, 0.5) is 4.79 Å². The second kappa shape index (κ2) is 11.3. The number of ether oxygens (including phenoxy) is 2. The number of hydrogen-bond donors (Lipinski definition) is 0. The minimum atomic E-state index is -0.614. The van der Waals surface area contributed by atoms with Crippen LogP contribution in [-0.2, 0) is 11.2 Å². The van der Waals surface area contributed by atoms with Gasteiger partial charge in [0.25, 0.3) is 0 Å². The summed E-state index contributed by atoms with van der Waals surface area (Å²) in [5.41, 5.74) is 2.35. The fourth-order valence-corrected chi connectivity index (χ4v) is 2.73. The van der Waals surface area contributed by atoms with Crippen LogP contribution in [0.2, 0.25) is 0 Å². The van der Waals surface area contributed by atoms with Gasteiger partial charge in [0, 0.05) is 0 Å². The van der Waals surface area contributed by atoms with Gasteiger partial charge in [-0.25, -0.2) is 4.79 Å². The number of aryl methyl sites for hydroxylation is 2. The molecule has 0 radical (unpaired) electrons. The van der Waals surface area contributed by atoms with Gasteiger partial charge in [-0.1, -0.05) is 74.2 Å². The second-order valence-electron chi connectivity index (χ2n) is 6.32. The van der Waals surface area contributed by atoms with Crippen molar-refractivity contribution in [3.05, 3.63) is 65.7 Å². The fourth-order valence-electron chi connectivity index (χ4n) is 2.73. The number of unbranched alkanes of at least 4 members (excludes halogenated alkanes) is 5. The van der Waals surface area contributed by atoms with E-state index in [4.69, 9.17) is 9.47 Å². The van der Waals surface area contributed by atoms with Crippen molar-refractivity contribution >= 4 is 6.16 Å². The first-order valence-corrected chi connectivity index (χ1v) is 9.20. The van der Waals surface area contributed by atoms with Gasteiger partial charge in [-0.15, -0.1) is 0 Å². The Hall–Kier alpha value is -2.29. The van der Waals surface area contributed by atoms with Gasteiger partial charge in [0.2, 0.25) is 0 Å². The Morgan fingerprint density at radius 2 is 1.44 bits per heavy atom. The maximum absolute atomic E-state index is 11.6. The molecule has 0 aliphatic rings. The maximum atomic E-state index is 11.6. The van der Waals surface area contributed by atoms with Gasteiger partial charge >= 0.3 is 6.16 Å². The highest BCUT2D eigenvalue weighted by Gasteiger charge is 2.07. The zero-order valence-electron chi connectivity index (χ0n) is 15.1. The molecule has 0 heterocycles. The molecule has 0 unspecified atom stereocenters. The average Bonchev–Trinajstić information content (AvgIpc) is 2.63. The first-order chi connectivity index (χ1) is 12.3. The van der Waals surface area contributed by atoms with Crippen LogP contribution in [0.25, 0.3) is 0 Å². The van der Waals surface area contributed by atoms with Crippen molar-refractivity contribution in [1.29, 1.82) is 0 Å². The molecule has 134 valence electrons. The van der Waals surface area contributed by atoms with Gasteiger partial charge in [0.1, 0.15) is 5.75 Å². The van der Waals surface area contributed by atoms with Crippen LogP contribution in [-0.4, -0.2) is 12.8 Å². The molecule has 3 nitrogen and oxygen atoms in total. The Bertz CT molecular complexity index is 622. The molecule has 0 aromatic heterocycles. The monoisotopic (exact) mass is 340 g/mol. The molecule has 0 bridgehead atoms. The second-order valence-corrected chi connectivity index (χ2v) is 6.32. The van der Waals surface area contributed by atoms with E-state index in [0.29, 0.717) is 12.4 Å². The minimum absolute atomic E-state index is 0.425. The molecule has 25 heavy (non-hydrogen) atoms. The van der Waals surface area contributed by atoms with Crippen molar-refractivity contribution < 1.29 is 14.3 Å². The molecule has 2 aromatic rings. The largest absolute Gasteiger partial charge is 0.513 e. The van der Waals surface area contributed by atoms with Crippen LogP contribution in [0.3, 0.4) is 0 Å². The topological polar surface area (TPSA) is 35.5 Å². The molecule has 0 spiro atoms. The molecule has 0 aliphatic carbocycles. The Morgan fingerprint density at radius 1 is 0.800 bits per heavy atom. The molecular formula is C22H28O3. The molecule has 0 atom stereocenters. The smallest absolute Gasteiger partial charge is 0.434 e. The lowest BCUT2D eigenvalue weighted by Gasteiger charge is -2.07. The molecule has 0 saturated heterocycles. The highest BCUT2D eigenvalue weighted by atomic mass is 16.7. The van der Waals surface area contributed by atoms with Crippen molar-refractivity contribution in [2.24, 2.45) is 0 Å². The normalized spacial score (nSPS) is 10.4. The van der Waals surface area contributed by atoms with Gasteiger partial charge in [-0.3, -0.25) is 0 Å². The summed E-state index contributed by atoms with van der Waals surface area (Å²) in [7, 11) is 0. The number of benzene rings is 2. The predicted octanol–water partition coefficient (Wildman–Crippen LogP) is 6.09. The predicted molar refractivity (Wildman–Crippen MR) is 101 cm³/mol. The lowest BCUT2D eigenvalue weighted by molar-refractivity contribution is 0.0970. The Labute approximate surface area is 151 Å². The summed E-state index contributed by atoms with van der Waals surface area (Å²) >= 11 is 0. The number of para-hydroxylation sites is 1. The molecule has 0 saturated carbocycles. The minimum Gasteiger partial charge on any atom is -0.434 e. The highest BCUT2D eigenvalue weighted by molar-refractivity contribution is 5.64.